The Kier molecular flexibility index (Phi) is 5.80. The minimum Gasteiger partial charge on any atom is -0.507 e. The van der Waals surface area contributed by atoms with E-state index in [1.807, 2.05) is 6.07 Å². The maximum Gasteiger partial charge on any atom is 0.231 e. The predicted octanol–water partition coefficient (Wildman–Crippen LogP) is 4.84. The van der Waals surface area contributed by atoms with Gasteiger partial charge in [0.2, 0.25) is 6.79 Å². The Bertz CT molecular complexity index is 961. The fourth-order valence-corrected chi connectivity index (χ4v) is 4.55. The van der Waals surface area contributed by atoms with E-state index in [1.54, 1.807) is 6.07 Å². The van der Waals surface area contributed by atoms with Gasteiger partial charge in [-0.2, -0.15) is 0 Å². The third-order valence-corrected chi connectivity index (χ3v) is 6.29. The van der Waals surface area contributed by atoms with E-state index in [0.29, 0.717) is 30.5 Å². The van der Waals surface area contributed by atoms with E-state index in [4.69, 9.17) is 14.2 Å². The highest BCUT2D eigenvalue weighted by atomic mass is 16.7. The summed E-state index contributed by atoms with van der Waals surface area (Å²) >= 11 is 0. The largest absolute Gasteiger partial charge is 0.507 e. The molecule has 0 bridgehead atoms. The van der Waals surface area contributed by atoms with Gasteiger partial charge in [0.05, 0.1) is 19.3 Å². The van der Waals surface area contributed by atoms with Crippen LogP contribution in [0.1, 0.15) is 69.8 Å². The van der Waals surface area contributed by atoms with Crippen LogP contribution in [0.2, 0.25) is 0 Å². The first kappa shape index (κ1) is 22.7. The molecule has 0 radical (unpaired) electrons. The quantitative estimate of drug-likeness (QED) is 0.710. The maximum absolute atomic E-state index is 11.2. The van der Waals surface area contributed by atoms with E-state index in [-0.39, 0.29) is 29.4 Å². The summed E-state index contributed by atoms with van der Waals surface area (Å²) < 4.78 is 16.7. The minimum absolute atomic E-state index is 0.155. The number of hydrogen-bond donors (Lipinski definition) is 2. The third-order valence-electron chi connectivity index (χ3n) is 6.29. The molecular weight excluding hydrogens is 406 g/mol. The Morgan fingerprint density at radius 3 is 1.88 bits per heavy atom. The summed E-state index contributed by atoms with van der Waals surface area (Å²) in [5, 5.41) is 22.2. The van der Waals surface area contributed by atoms with Crippen molar-refractivity contribution in [2.24, 2.45) is 0 Å². The zero-order valence-corrected chi connectivity index (χ0v) is 20.0. The van der Waals surface area contributed by atoms with Crippen LogP contribution in [0.5, 0.6) is 23.0 Å². The summed E-state index contributed by atoms with van der Waals surface area (Å²) in [6.45, 7) is 15.6. The van der Waals surface area contributed by atoms with Crippen LogP contribution in [0, 0.1) is 0 Å². The third kappa shape index (κ3) is 4.26. The topological polar surface area (TPSA) is 71.4 Å². The van der Waals surface area contributed by atoms with Crippen LogP contribution in [-0.2, 0) is 15.6 Å². The smallest absolute Gasteiger partial charge is 0.231 e. The molecule has 1 fully saturated rings. The average Bonchev–Trinajstić information content (AvgIpc) is 3.15. The summed E-state index contributed by atoms with van der Waals surface area (Å²) in [5.41, 5.74) is 3.12. The molecular formula is C26H35NO5. The number of benzene rings is 2. The second kappa shape index (κ2) is 8.16. The van der Waals surface area contributed by atoms with Gasteiger partial charge >= 0.3 is 0 Å². The van der Waals surface area contributed by atoms with Crippen LogP contribution in [0.3, 0.4) is 0 Å². The average molecular weight is 442 g/mol. The molecule has 6 nitrogen and oxygen atoms in total. The van der Waals surface area contributed by atoms with Crippen LogP contribution >= 0.6 is 0 Å². The van der Waals surface area contributed by atoms with Gasteiger partial charge in [0.1, 0.15) is 11.5 Å². The number of nitrogens with zero attached hydrogens (tertiary/aromatic N) is 1. The van der Waals surface area contributed by atoms with Crippen LogP contribution in [0.25, 0.3) is 0 Å². The van der Waals surface area contributed by atoms with Crippen molar-refractivity contribution in [1.29, 1.82) is 0 Å². The summed E-state index contributed by atoms with van der Waals surface area (Å²) in [5.74, 6) is 1.73. The number of phenols is 2. The number of morpholine rings is 1. The molecule has 32 heavy (non-hydrogen) atoms. The Balaban J connectivity index is 1.94. The van der Waals surface area contributed by atoms with Gasteiger partial charge in [0.15, 0.2) is 11.5 Å². The highest BCUT2D eigenvalue weighted by Crippen LogP contribution is 2.46. The molecule has 4 rings (SSSR count). The summed E-state index contributed by atoms with van der Waals surface area (Å²) in [6.07, 6.45) is 0. The number of phenolic OH excluding ortho intramolecular Hbond substituents is 2. The highest BCUT2D eigenvalue weighted by Gasteiger charge is 2.33. The Morgan fingerprint density at radius 2 is 1.34 bits per heavy atom. The molecule has 0 aliphatic carbocycles. The molecule has 1 unspecified atom stereocenters. The molecule has 0 amide bonds. The van der Waals surface area contributed by atoms with E-state index in [0.717, 1.165) is 35.3 Å². The van der Waals surface area contributed by atoms with Gasteiger partial charge in [-0.05, 0) is 45.7 Å². The van der Waals surface area contributed by atoms with Crippen LogP contribution in [-0.4, -0.2) is 48.2 Å². The van der Waals surface area contributed by atoms with Crippen molar-refractivity contribution >= 4 is 0 Å². The molecule has 0 aromatic heterocycles. The fraction of sp³-hybridized carbons (Fsp3) is 0.538. The van der Waals surface area contributed by atoms with Crippen molar-refractivity contribution in [1.82, 2.24) is 4.90 Å². The maximum atomic E-state index is 11.2. The predicted molar refractivity (Wildman–Crippen MR) is 124 cm³/mol. The van der Waals surface area contributed by atoms with E-state index >= 15 is 0 Å². The molecule has 6 heteroatoms. The van der Waals surface area contributed by atoms with Crippen LogP contribution in [0.15, 0.2) is 24.3 Å². The molecule has 174 valence electrons. The van der Waals surface area contributed by atoms with Crippen LogP contribution < -0.4 is 9.47 Å². The first-order valence-corrected chi connectivity index (χ1v) is 11.3. The molecule has 2 heterocycles. The first-order valence-electron chi connectivity index (χ1n) is 11.3. The highest BCUT2D eigenvalue weighted by molar-refractivity contribution is 5.57. The fourth-order valence-electron chi connectivity index (χ4n) is 4.55. The minimum atomic E-state index is -0.243. The van der Waals surface area contributed by atoms with Gasteiger partial charge in [-0.3, -0.25) is 4.90 Å². The van der Waals surface area contributed by atoms with Crippen molar-refractivity contribution < 1.29 is 24.4 Å². The second-order valence-corrected chi connectivity index (χ2v) is 10.8. The van der Waals surface area contributed by atoms with Gasteiger partial charge in [-0.15, -0.1) is 0 Å². The van der Waals surface area contributed by atoms with Crippen molar-refractivity contribution in [3.05, 3.63) is 46.5 Å². The summed E-state index contributed by atoms with van der Waals surface area (Å²) in [4.78, 5) is 2.33. The van der Waals surface area contributed by atoms with E-state index in [1.165, 1.54) is 0 Å². The van der Waals surface area contributed by atoms with Crippen LogP contribution in [0.4, 0.5) is 0 Å². The zero-order valence-electron chi connectivity index (χ0n) is 20.0. The van der Waals surface area contributed by atoms with Gasteiger partial charge in [-0.1, -0.05) is 41.5 Å². The molecule has 2 aromatic rings. The number of ether oxygens (including phenoxy) is 3. The van der Waals surface area contributed by atoms with Crippen molar-refractivity contribution in [3.8, 4) is 23.0 Å². The second-order valence-electron chi connectivity index (χ2n) is 10.8. The molecule has 2 aliphatic heterocycles. The summed E-state index contributed by atoms with van der Waals surface area (Å²) in [6, 6.07) is 7.50. The first-order chi connectivity index (χ1) is 15.0. The number of fused-ring (bicyclic) bond motifs is 1. The van der Waals surface area contributed by atoms with Crippen molar-refractivity contribution in [2.75, 3.05) is 33.1 Å². The van der Waals surface area contributed by atoms with E-state index < -0.39 is 0 Å². The van der Waals surface area contributed by atoms with Gasteiger partial charge < -0.3 is 24.4 Å². The van der Waals surface area contributed by atoms with Gasteiger partial charge in [0.25, 0.3) is 0 Å². The lowest BCUT2D eigenvalue weighted by Gasteiger charge is -2.37. The number of hydrogen-bond acceptors (Lipinski definition) is 6. The molecule has 1 saturated heterocycles. The normalized spacial score (nSPS) is 18.1. The van der Waals surface area contributed by atoms with E-state index in [9.17, 15) is 10.2 Å². The lowest BCUT2D eigenvalue weighted by atomic mass is 9.77. The number of rotatable bonds is 3. The lowest BCUT2D eigenvalue weighted by Crippen LogP contribution is -2.39. The molecule has 0 saturated carbocycles. The Hall–Kier alpha value is -2.44. The molecule has 2 aromatic carbocycles. The molecule has 1 atom stereocenters. The molecule has 0 spiro atoms. The zero-order chi connectivity index (χ0) is 23.3. The van der Waals surface area contributed by atoms with E-state index in [2.05, 4.69) is 58.6 Å². The monoisotopic (exact) mass is 441 g/mol. The summed E-state index contributed by atoms with van der Waals surface area (Å²) in [7, 11) is 0. The van der Waals surface area contributed by atoms with Crippen molar-refractivity contribution in [3.63, 3.8) is 0 Å². The molecule has 2 N–H and O–H groups in total. The van der Waals surface area contributed by atoms with Crippen molar-refractivity contribution in [2.45, 2.75) is 58.4 Å². The Morgan fingerprint density at radius 1 is 0.812 bits per heavy atom. The SMILES string of the molecule is CC(C)(C)c1cc(C(c2cc3c(cc2O)OCO3)N2CCOCC2)cc(C(C)(C)C)c1O. The Labute approximate surface area is 190 Å². The molecule has 2 aliphatic rings. The standard InChI is InChI=1S/C26H35NO5/c1-25(2,3)18-11-16(12-19(24(18)29)26(4,5)6)23(27-7-9-30-10-8-27)17-13-21-22(14-20(17)28)32-15-31-21/h11-14,23,28-29H,7-10,15H2,1-6H3. The van der Waals surface area contributed by atoms with Gasteiger partial charge in [0, 0.05) is 24.7 Å². The lowest BCUT2D eigenvalue weighted by molar-refractivity contribution is 0.0235. The van der Waals surface area contributed by atoms with Gasteiger partial charge in [-0.25, -0.2) is 0 Å². The number of aromatic hydroxyl groups is 2.